The molecule has 4 rings (SSSR count). The van der Waals surface area contributed by atoms with Crippen molar-refractivity contribution in [2.24, 2.45) is 10.4 Å². The van der Waals surface area contributed by atoms with E-state index in [9.17, 15) is 23.6 Å². The van der Waals surface area contributed by atoms with Crippen LogP contribution in [0.1, 0.15) is 56.9 Å². The highest BCUT2D eigenvalue weighted by Crippen LogP contribution is 2.48. The van der Waals surface area contributed by atoms with Crippen molar-refractivity contribution in [1.29, 1.82) is 5.26 Å². The minimum Gasteiger partial charge on any atom is -0.333 e. The summed E-state index contributed by atoms with van der Waals surface area (Å²) in [7, 11) is 0. The topological polar surface area (TPSA) is 98.5 Å². The Morgan fingerprint density at radius 1 is 1.16 bits per heavy atom. The molecule has 3 fully saturated rings. The maximum atomic E-state index is 14.8. The van der Waals surface area contributed by atoms with E-state index in [0.717, 1.165) is 12.8 Å². The van der Waals surface area contributed by atoms with Crippen LogP contribution in [-0.2, 0) is 11.2 Å². The fourth-order valence-electron chi connectivity index (χ4n) is 4.49. The first kappa shape index (κ1) is 22.3. The van der Waals surface area contributed by atoms with Gasteiger partial charge in [-0.05, 0) is 61.6 Å². The Hall–Kier alpha value is -2.89. The SMILES string of the molecule is N#CC1(NC(=O)C(CC(F)(F)Cc2ccncc2)=NC(=O)N2CCC3(CCC3)CC2)CC1. The molecule has 9 heteroatoms. The van der Waals surface area contributed by atoms with E-state index in [4.69, 9.17) is 0 Å². The summed E-state index contributed by atoms with van der Waals surface area (Å²) in [6.07, 6.45) is 7.48. The van der Waals surface area contributed by atoms with Crippen LogP contribution in [0.15, 0.2) is 29.5 Å². The van der Waals surface area contributed by atoms with Crippen LogP contribution in [-0.4, -0.2) is 52.1 Å². The monoisotopic (exact) mass is 443 g/mol. The van der Waals surface area contributed by atoms with Gasteiger partial charge in [0.2, 0.25) is 0 Å². The number of piperidine rings is 1. The maximum absolute atomic E-state index is 14.8. The zero-order valence-electron chi connectivity index (χ0n) is 17.9. The van der Waals surface area contributed by atoms with Crippen molar-refractivity contribution in [1.82, 2.24) is 15.2 Å². The van der Waals surface area contributed by atoms with E-state index in [1.54, 1.807) is 0 Å². The molecule has 32 heavy (non-hydrogen) atoms. The molecule has 2 saturated carbocycles. The molecule has 3 aliphatic rings. The molecule has 1 N–H and O–H groups in total. The third kappa shape index (κ3) is 5.12. The first-order valence-electron chi connectivity index (χ1n) is 11.1. The number of alkyl halides is 2. The Kier molecular flexibility index (Phi) is 5.97. The van der Waals surface area contributed by atoms with Gasteiger partial charge in [-0.15, -0.1) is 0 Å². The Morgan fingerprint density at radius 3 is 2.34 bits per heavy atom. The molecule has 1 spiro atoms. The quantitative estimate of drug-likeness (QED) is 0.679. The summed E-state index contributed by atoms with van der Waals surface area (Å²) in [6, 6.07) is 4.30. The summed E-state index contributed by atoms with van der Waals surface area (Å²) in [5, 5.41) is 11.7. The zero-order valence-corrected chi connectivity index (χ0v) is 17.9. The molecule has 170 valence electrons. The van der Waals surface area contributed by atoms with Gasteiger partial charge in [0.25, 0.3) is 11.8 Å². The molecular formula is C23H27F2N5O2. The lowest BCUT2D eigenvalue weighted by atomic mass is 9.63. The first-order valence-corrected chi connectivity index (χ1v) is 11.1. The fourth-order valence-corrected chi connectivity index (χ4v) is 4.49. The minimum absolute atomic E-state index is 0.323. The lowest BCUT2D eigenvalue weighted by Gasteiger charge is -2.47. The molecule has 2 aliphatic carbocycles. The van der Waals surface area contributed by atoms with E-state index in [0.29, 0.717) is 36.9 Å². The number of likely N-dealkylation sites (tertiary alicyclic amines) is 1. The number of amides is 3. The van der Waals surface area contributed by atoms with Gasteiger partial charge in [0.1, 0.15) is 11.3 Å². The summed E-state index contributed by atoms with van der Waals surface area (Å²) < 4.78 is 29.7. The van der Waals surface area contributed by atoms with E-state index in [2.05, 4.69) is 15.3 Å². The highest BCUT2D eigenvalue weighted by Gasteiger charge is 2.46. The summed E-state index contributed by atoms with van der Waals surface area (Å²) >= 11 is 0. The van der Waals surface area contributed by atoms with Crippen molar-refractivity contribution in [2.45, 2.75) is 69.2 Å². The van der Waals surface area contributed by atoms with E-state index in [-0.39, 0.29) is 0 Å². The molecule has 1 saturated heterocycles. The number of urea groups is 1. The van der Waals surface area contributed by atoms with Gasteiger partial charge < -0.3 is 10.2 Å². The smallest absolute Gasteiger partial charge is 0.333 e. The highest BCUT2D eigenvalue weighted by molar-refractivity contribution is 6.40. The molecule has 0 aromatic carbocycles. The van der Waals surface area contributed by atoms with Crippen molar-refractivity contribution in [3.63, 3.8) is 0 Å². The largest absolute Gasteiger partial charge is 0.343 e. The highest BCUT2D eigenvalue weighted by atomic mass is 19.3. The van der Waals surface area contributed by atoms with Crippen LogP contribution in [0.5, 0.6) is 0 Å². The van der Waals surface area contributed by atoms with Crippen molar-refractivity contribution >= 4 is 17.6 Å². The second-order valence-corrected chi connectivity index (χ2v) is 9.39. The van der Waals surface area contributed by atoms with Crippen LogP contribution >= 0.6 is 0 Å². The number of hydrogen-bond donors (Lipinski definition) is 1. The van der Waals surface area contributed by atoms with Gasteiger partial charge in [-0.2, -0.15) is 10.3 Å². The molecule has 1 aromatic rings. The number of aromatic nitrogens is 1. The van der Waals surface area contributed by atoms with Crippen LogP contribution < -0.4 is 5.32 Å². The second-order valence-electron chi connectivity index (χ2n) is 9.39. The minimum atomic E-state index is -3.29. The normalized spacial score (nSPS) is 21.4. The predicted octanol–water partition coefficient (Wildman–Crippen LogP) is 3.65. The molecule has 7 nitrogen and oxygen atoms in total. The third-order valence-corrected chi connectivity index (χ3v) is 6.96. The lowest BCUT2D eigenvalue weighted by molar-refractivity contribution is -0.116. The Labute approximate surface area is 185 Å². The molecule has 0 bridgehead atoms. The average Bonchev–Trinajstić information content (AvgIpc) is 3.52. The van der Waals surface area contributed by atoms with Gasteiger partial charge in [-0.3, -0.25) is 9.78 Å². The van der Waals surface area contributed by atoms with Crippen molar-refractivity contribution in [3.05, 3.63) is 30.1 Å². The Balaban J connectivity index is 1.48. The summed E-state index contributed by atoms with van der Waals surface area (Å²) in [4.78, 5) is 34.7. The number of rotatable bonds is 6. The van der Waals surface area contributed by atoms with Gasteiger partial charge in [-0.1, -0.05) is 6.42 Å². The third-order valence-electron chi connectivity index (χ3n) is 6.96. The fraction of sp³-hybridized carbons (Fsp3) is 0.609. The first-order chi connectivity index (χ1) is 15.2. The summed E-state index contributed by atoms with van der Waals surface area (Å²) in [5.74, 6) is -4.17. The number of hydrogen-bond acceptors (Lipinski definition) is 4. The van der Waals surface area contributed by atoms with Gasteiger partial charge >= 0.3 is 6.03 Å². The van der Waals surface area contributed by atoms with Crippen LogP contribution in [0, 0.1) is 16.7 Å². The van der Waals surface area contributed by atoms with Crippen LogP contribution in [0.3, 0.4) is 0 Å². The predicted molar refractivity (Wildman–Crippen MR) is 113 cm³/mol. The number of carbonyl (C=O) groups is 2. The van der Waals surface area contributed by atoms with Crippen LogP contribution in [0.25, 0.3) is 0 Å². The summed E-state index contributed by atoms with van der Waals surface area (Å²) in [5.41, 5.74) is -0.875. The molecule has 2 heterocycles. The van der Waals surface area contributed by atoms with Gasteiger partial charge in [0.15, 0.2) is 0 Å². The molecule has 0 radical (unpaired) electrons. The zero-order chi connectivity index (χ0) is 22.8. The second kappa shape index (κ2) is 8.57. The number of pyridine rings is 1. The standard InChI is InChI=1S/C23H27F2N5O2/c24-23(25,14-17-2-10-27-11-3-17)15-18(19(31)29-22(16-26)6-7-22)28-20(32)30-12-8-21(9-13-30)4-1-5-21/h2-3,10-11H,1,4-9,12-15H2,(H,29,31). The molecule has 3 amide bonds. The number of nitrogens with one attached hydrogen (secondary N) is 1. The van der Waals surface area contributed by atoms with E-state index in [1.165, 1.54) is 48.7 Å². The summed E-state index contributed by atoms with van der Waals surface area (Å²) in [6.45, 7) is 1.04. The van der Waals surface area contributed by atoms with Gasteiger partial charge in [0, 0.05) is 31.9 Å². The molecule has 0 unspecified atom stereocenters. The van der Waals surface area contributed by atoms with Crippen LogP contribution in [0.4, 0.5) is 13.6 Å². The number of aliphatic imine (C=N–C) groups is 1. The molecule has 0 atom stereocenters. The number of carbonyl (C=O) groups excluding carboxylic acids is 2. The lowest BCUT2D eigenvalue weighted by Crippen LogP contribution is -2.46. The van der Waals surface area contributed by atoms with E-state index >= 15 is 0 Å². The van der Waals surface area contributed by atoms with Gasteiger partial charge in [0.05, 0.1) is 12.5 Å². The average molecular weight is 443 g/mol. The van der Waals surface area contributed by atoms with Crippen molar-refractivity contribution in [3.8, 4) is 6.07 Å². The number of halogens is 2. The van der Waals surface area contributed by atoms with Crippen molar-refractivity contribution < 1.29 is 18.4 Å². The number of nitriles is 1. The molecular weight excluding hydrogens is 416 g/mol. The maximum Gasteiger partial charge on any atom is 0.343 e. The van der Waals surface area contributed by atoms with Crippen molar-refractivity contribution in [2.75, 3.05) is 13.1 Å². The van der Waals surface area contributed by atoms with E-state index in [1.807, 2.05) is 6.07 Å². The van der Waals surface area contributed by atoms with Gasteiger partial charge in [-0.25, -0.2) is 13.6 Å². The van der Waals surface area contributed by atoms with E-state index < -0.39 is 42.0 Å². The molecule has 1 aliphatic heterocycles. The Morgan fingerprint density at radius 2 is 1.81 bits per heavy atom. The van der Waals surface area contributed by atoms with Crippen LogP contribution in [0.2, 0.25) is 0 Å². The number of nitrogens with zero attached hydrogens (tertiary/aromatic N) is 4. The molecule has 1 aromatic heterocycles. The Bertz CT molecular complexity index is 939.